The summed E-state index contributed by atoms with van der Waals surface area (Å²) in [5.41, 5.74) is 2.06. The van der Waals surface area contributed by atoms with Gasteiger partial charge in [-0.3, -0.25) is 4.79 Å². The molecular weight excluding hydrogens is 471 g/mol. The zero-order valence-electron chi connectivity index (χ0n) is 17.8. The van der Waals surface area contributed by atoms with Gasteiger partial charge in [0.1, 0.15) is 18.1 Å². The number of urea groups is 1. The second kappa shape index (κ2) is 9.21. The first-order valence-electron chi connectivity index (χ1n) is 10.5. The van der Waals surface area contributed by atoms with Crippen molar-refractivity contribution in [2.75, 3.05) is 4.90 Å². The molecule has 5 rings (SSSR count). The number of nitrogens with zero attached hydrogens (tertiary/aromatic N) is 1. The SMILES string of the molecule is O=C1N/C(=C\c2c(OCc3ccccc3Cl)ccc3ccccc23)C(=O)N1c1cccc(Cl)c1. The minimum Gasteiger partial charge on any atom is -0.488 e. The van der Waals surface area contributed by atoms with Crippen molar-refractivity contribution in [1.29, 1.82) is 0 Å². The van der Waals surface area contributed by atoms with Gasteiger partial charge in [0.05, 0.1) is 5.69 Å². The van der Waals surface area contributed by atoms with E-state index in [-0.39, 0.29) is 12.3 Å². The molecule has 0 aromatic heterocycles. The average molecular weight is 489 g/mol. The topological polar surface area (TPSA) is 58.6 Å². The third kappa shape index (κ3) is 4.23. The van der Waals surface area contributed by atoms with Crippen LogP contribution < -0.4 is 15.0 Å². The molecule has 0 bridgehead atoms. The van der Waals surface area contributed by atoms with Gasteiger partial charge in [-0.05, 0) is 47.2 Å². The summed E-state index contributed by atoms with van der Waals surface area (Å²) in [4.78, 5) is 26.9. The molecule has 0 atom stereocenters. The van der Waals surface area contributed by atoms with E-state index in [0.717, 1.165) is 21.2 Å². The maximum absolute atomic E-state index is 13.2. The first kappa shape index (κ1) is 22.0. The second-order valence-electron chi connectivity index (χ2n) is 7.69. The van der Waals surface area contributed by atoms with Gasteiger partial charge in [0, 0.05) is 21.2 Å². The monoisotopic (exact) mass is 488 g/mol. The van der Waals surface area contributed by atoms with Crippen LogP contribution in [0.4, 0.5) is 10.5 Å². The maximum atomic E-state index is 13.2. The Labute approximate surface area is 206 Å². The fourth-order valence-corrected chi connectivity index (χ4v) is 4.23. The Hall–Kier alpha value is -3.80. The Morgan fingerprint density at radius 3 is 2.50 bits per heavy atom. The highest BCUT2D eigenvalue weighted by Crippen LogP contribution is 2.33. The fourth-order valence-electron chi connectivity index (χ4n) is 3.85. The lowest BCUT2D eigenvalue weighted by atomic mass is 10.0. The standard InChI is InChI=1S/C27H18Cl2N2O3/c28-19-8-5-9-20(14-19)31-26(32)24(30-27(31)33)15-22-21-10-3-1-6-17(21)12-13-25(22)34-16-18-7-2-4-11-23(18)29/h1-15H,16H2,(H,30,33)/b24-15-. The number of ether oxygens (including phenoxy) is 1. The van der Waals surface area contributed by atoms with Gasteiger partial charge in [-0.15, -0.1) is 0 Å². The smallest absolute Gasteiger partial charge is 0.333 e. The number of imide groups is 1. The van der Waals surface area contributed by atoms with E-state index in [9.17, 15) is 9.59 Å². The molecule has 34 heavy (non-hydrogen) atoms. The van der Waals surface area contributed by atoms with E-state index >= 15 is 0 Å². The molecule has 5 nitrogen and oxygen atoms in total. The zero-order valence-corrected chi connectivity index (χ0v) is 19.3. The lowest BCUT2D eigenvalue weighted by Crippen LogP contribution is -2.30. The second-order valence-corrected chi connectivity index (χ2v) is 8.53. The van der Waals surface area contributed by atoms with Gasteiger partial charge >= 0.3 is 6.03 Å². The van der Waals surface area contributed by atoms with Gasteiger partial charge in [0.15, 0.2) is 0 Å². The minimum absolute atomic E-state index is 0.143. The molecule has 0 unspecified atom stereocenters. The summed E-state index contributed by atoms with van der Waals surface area (Å²) in [5.74, 6) is 0.0895. The Balaban J connectivity index is 1.54. The van der Waals surface area contributed by atoms with Crippen molar-refractivity contribution < 1.29 is 14.3 Å². The van der Waals surface area contributed by atoms with Gasteiger partial charge in [-0.1, -0.05) is 77.8 Å². The van der Waals surface area contributed by atoms with Crippen molar-refractivity contribution in [3.63, 3.8) is 0 Å². The van der Waals surface area contributed by atoms with Crippen LogP contribution in [0.25, 0.3) is 16.8 Å². The molecule has 1 saturated heterocycles. The summed E-state index contributed by atoms with van der Waals surface area (Å²) in [6.07, 6.45) is 1.65. The number of amides is 3. The number of carbonyl (C=O) groups excluding carboxylic acids is 2. The van der Waals surface area contributed by atoms with Gasteiger partial charge < -0.3 is 10.1 Å². The largest absolute Gasteiger partial charge is 0.488 e. The van der Waals surface area contributed by atoms with Crippen LogP contribution >= 0.6 is 23.2 Å². The molecule has 168 valence electrons. The number of hydrogen-bond donors (Lipinski definition) is 1. The summed E-state index contributed by atoms with van der Waals surface area (Å²) in [6.45, 7) is 0.253. The lowest BCUT2D eigenvalue weighted by Gasteiger charge is -2.14. The van der Waals surface area contributed by atoms with Crippen LogP contribution in [-0.4, -0.2) is 11.9 Å². The molecule has 4 aromatic rings. The third-order valence-electron chi connectivity index (χ3n) is 5.50. The van der Waals surface area contributed by atoms with E-state index in [0.29, 0.717) is 27.0 Å². The van der Waals surface area contributed by atoms with E-state index in [4.69, 9.17) is 27.9 Å². The van der Waals surface area contributed by atoms with Gasteiger partial charge in [0.25, 0.3) is 5.91 Å². The number of carbonyl (C=O) groups is 2. The summed E-state index contributed by atoms with van der Waals surface area (Å²) >= 11 is 12.3. The lowest BCUT2D eigenvalue weighted by molar-refractivity contribution is -0.113. The molecule has 1 aliphatic rings. The van der Waals surface area contributed by atoms with Crippen LogP contribution in [-0.2, 0) is 11.4 Å². The molecule has 4 aromatic carbocycles. The van der Waals surface area contributed by atoms with Crippen molar-refractivity contribution in [2.24, 2.45) is 0 Å². The number of halogens is 2. The number of nitrogens with one attached hydrogen (secondary N) is 1. The van der Waals surface area contributed by atoms with E-state index < -0.39 is 11.9 Å². The van der Waals surface area contributed by atoms with E-state index in [1.165, 1.54) is 0 Å². The third-order valence-corrected chi connectivity index (χ3v) is 6.11. The molecule has 1 heterocycles. The van der Waals surface area contributed by atoms with Crippen LogP contribution in [0.5, 0.6) is 5.75 Å². The summed E-state index contributed by atoms with van der Waals surface area (Å²) in [6, 6.07) is 25.1. The molecule has 1 fully saturated rings. The summed E-state index contributed by atoms with van der Waals surface area (Å²) in [7, 11) is 0. The number of benzene rings is 4. The highest BCUT2D eigenvalue weighted by atomic mass is 35.5. The molecule has 0 saturated carbocycles. The molecule has 1 aliphatic heterocycles. The van der Waals surface area contributed by atoms with E-state index in [1.54, 1.807) is 36.4 Å². The first-order chi connectivity index (χ1) is 16.5. The van der Waals surface area contributed by atoms with Crippen molar-refractivity contribution in [3.05, 3.63) is 112 Å². The highest BCUT2D eigenvalue weighted by molar-refractivity contribution is 6.32. The van der Waals surface area contributed by atoms with Crippen molar-refractivity contribution >= 4 is 57.7 Å². The number of hydrogen-bond acceptors (Lipinski definition) is 3. The van der Waals surface area contributed by atoms with Crippen LogP contribution in [0.1, 0.15) is 11.1 Å². The number of rotatable bonds is 5. The van der Waals surface area contributed by atoms with Crippen LogP contribution in [0.2, 0.25) is 10.0 Å². The van der Waals surface area contributed by atoms with Crippen molar-refractivity contribution in [3.8, 4) is 5.75 Å². The minimum atomic E-state index is -0.544. The molecule has 7 heteroatoms. The van der Waals surface area contributed by atoms with Crippen LogP contribution in [0, 0.1) is 0 Å². The van der Waals surface area contributed by atoms with Crippen LogP contribution in [0.15, 0.2) is 90.6 Å². The van der Waals surface area contributed by atoms with Crippen molar-refractivity contribution in [1.82, 2.24) is 5.32 Å². The highest BCUT2D eigenvalue weighted by Gasteiger charge is 2.35. The Kier molecular flexibility index (Phi) is 5.97. The Morgan fingerprint density at radius 2 is 1.68 bits per heavy atom. The molecule has 0 spiro atoms. The number of fused-ring (bicyclic) bond motifs is 1. The summed E-state index contributed by atoms with van der Waals surface area (Å²) < 4.78 is 6.13. The fraction of sp³-hybridized carbons (Fsp3) is 0.0370. The molecular formula is C27H18Cl2N2O3. The molecule has 1 N–H and O–H groups in total. The maximum Gasteiger partial charge on any atom is 0.333 e. The quantitative estimate of drug-likeness (QED) is 0.247. The van der Waals surface area contributed by atoms with Crippen molar-refractivity contribution in [2.45, 2.75) is 6.61 Å². The van der Waals surface area contributed by atoms with Gasteiger partial charge in [-0.25, -0.2) is 9.69 Å². The molecule has 3 amide bonds. The predicted molar refractivity (Wildman–Crippen MR) is 135 cm³/mol. The average Bonchev–Trinajstić information content (AvgIpc) is 3.12. The zero-order chi connectivity index (χ0) is 23.7. The number of anilines is 1. The summed E-state index contributed by atoms with van der Waals surface area (Å²) in [5, 5.41) is 5.57. The predicted octanol–water partition coefficient (Wildman–Crippen LogP) is 6.82. The Morgan fingerprint density at radius 1 is 0.882 bits per heavy atom. The molecule has 0 aliphatic carbocycles. The van der Waals surface area contributed by atoms with Crippen LogP contribution in [0.3, 0.4) is 0 Å². The molecule has 0 radical (unpaired) electrons. The normalized spacial score (nSPS) is 14.6. The van der Waals surface area contributed by atoms with Gasteiger partial charge in [0.2, 0.25) is 0 Å². The van der Waals surface area contributed by atoms with E-state index in [1.807, 2.05) is 54.6 Å². The van der Waals surface area contributed by atoms with Gasteiger partial charge in [-0.2, -0.15) is 0 Å². The Bertz CT molecular complexity index is 1470. The first-order valence-corrected chi connectivity index (χ1v) is 11.3. The van der Waals surface area contributed by atoms with E-state index in [2.05, 4.69) is 5.32 Å².